The van der Waals surface area contributed by atoms with Gasteiger partial charge in [0.05, 0.1) is 5.56 Å². The minimum Gasteiger partial charge on any atom is -0.354 e. The number of hydrogen-bond donors (Lipinski definition) is 1. The summed E-state index contributed by atoms with van der Waals surface area (Å²) in [7, 11) is -3.80. The minimum absolute atomic E-state index is 0.00165. The first-order chi connectivity index (χ1) is 13.4. The number of nitrogens with one attached hydrogen (secondary N) is 1. The van der Waals surface area contributed by atoms with Gasteiger partial charge in [0.2, 0.25) is 5.91 Å². The second kappa shape index (κ2) is 8.56. The minimum atomic E-state index is -3.80. The Morgan fingerprint density at radius 2 is 1.75 bits per heavy atom. The summed E-state index contributed by atoms with van der Waals surface area (Å²) in [5, 5.41) is 2.93. The molecular weight excluding hydrogens is 376 g/mol. The van der Waals surface area contributed by atoms with Gasteiger partial charge in [-0.1, -0.05) is 42.5 Å². The average molecular weight is 401 g/mol. The van der Waals surface area contributed by atoms with Crippen LogP contribution in [0.2, 0.25) is 0 Å². The molecule has 1 aliphatic heterocycles. The van der Waals surface area contributed by atoms with Gasteiger partial charge in [0.1, 0.15) is 4.90 Å². The number of rotatable bonds is 8. The first kappa shape index (κ1) is 20.1. The van der Waals surface area contributed by atoms with E-state index in [1.165, 1.54) is 17.7 Å². The van der Waals surface area contributed by atoms with E-state index >= 15 is 0 Å². The number of nitrogens with zero attached hydrogens (tertiary/aromatic N) is 1. The van der Waals surface area contributed by atoms with Crippen molar-refractivity contribution in [1.29, 1.82) is 0 Å². The van der Waals surface area contributed by atoms with Gasteiger partial charge in [0.15, 0.2) is 0 Å². The van der Waals surface area contributed by atoms with Crippen LogP contribution in [-0.2, 0) is 21.2 Å². The molecule has 28 heavy (non-hydrogen) atoms. The van der Waals surface area contributed by atoms with Crippen LogP contribution in [0, 0.1) is 0 Å². The van der Waals surface area contributed by atoms with Crippen molar-refractivity contribution in [2.24, 2.45) is 0 Å². The molecule has 1 N–H and O–H groups in total. The van der Waals surface area contributed by atoms with Crippen LogP contribution in [-0.4, -0.2) is 37.1 Å². The van der Waals surface area contributed by atoms with Crippen molar-refractivity contribution in [2.45, 2.75) is 43.5 Å². The SMILES string of the molecule is CC(CCc1ccccc1)NC(=O)CCCN1C(=O)c2ccccc2S1(=O)=O. The smallest absolute Gasteiger partial charge is 0.269 e. The van der Waals surface area contributed by atoms with E-state index < -0.39 is 15.9 Å². The maximum atomic E-state index is 12.5. The highest BCUT2D eigenvalue weighted by molar-refractivity contribution is 7.90. The van der Waals surface area contributed by atoms with E-state index in [0.29, 0.717) is 0 Å². The summed E-state index contributed by atoms with van der Waals surface area (Å²) in [4.78, 5) is 24.5. The molecule has 0 saturated carbocycles. The average Bonchev–Trinajstić information content (AvgIpc) is 2.88. The Morgan fingerprint density at radius 1 is 1.07 bits per heavy atom. The van der Waals surface area contributed by atoms with Crippen LogP contribution in [0.4, 0.5) is 0 Å². The third-order valence-electron chi connectivity index (χ3n) is 4.79. The second-order valence-electron chi connectivity index (χ2n) is 6.97. The lowest BCUT2D eigenvalue weighted by atomic mass is 10.1. The van der Waals surface area contributed by atoms with Gasteiger partial charge in [0, 0.05) is 19.0 Å². The molecule has 3 rings (SSSR count). The Balaban J connectivity index is 1.45. The lowest BCUT2D eigenvalue weighted by Crippen LogP contribution is -2.35. The molecule has 2 aromatic carbocycles. The van der Waals surface area contributed by atoms with Gasteiger partial charge in [-0.2, -0.15) is 0 Å². The zero-order valence-electron chi connectivity index (χ0n) is 15.8. The lowest BCUT2D eigenvalue weighted by molar-refractivity contribution is -0.121. The number of carbonyl (C=O) groups excluding carboxylic acids is 2. The van der Waals surface area contributed by atoms with Gasteiger partial charge in [-0.05, 0) is 43.9 Å². The summed E-state index contributed by atoms with van der Waals surface area (Å²) >= 11 is 0. The predicted octanol–water partition coefficient (Wildman–Crippen LogP) is 2.75. The Bertz CT molecular complexity index is 957. The summed E-state index contributed by atoms with van der Waals surface area (Å²) in [6.45, 7) is 1.95. The van der Waals surface area contributed by atoms with Crippen molar-refractivity contribution in [3.8, 4) is 0 Å². The summed E-state index contributed by atoms with van der Waals surface area (Å²) in [6, 6.07) is 16.3. The number of carbonyl (C=O) groups is 2. The molecule has 1 atom stereocenters. The Kier molecular flexibility index (Phi) is 6.14. The number of amides is 2. The van der Waals surface area contributed by atoms with Crippen molar-refractivity contribution in [3.05, 3.63) is 65.7 Å². The third kappa shape index (κ3) is 4.42. The molecule has 0 saturated heterocycles. The fraction of sp³-hybridized carbons (Fsp3) is 0.333. The van der Waals surface area contributed by atoms with Crippen molar-refractivity contribution < 1.29 is 18.0 Å². The molecule has 1 heterocycles. The molecule has 0 radical (unpaired) electrons. The van der Waals surface area contributed by atoms with Crippen LogP contribution in [0.15, 0.2) is 59.5 Å². The van der Waals surface area contributed by atoms with E-state index in [4.69, 9.17) is 0 Å². The maximum Gasteiger partial charge on any atom is 0.269 e. The van der Waals surface area contributed by atoms with E-state index in [1.54, 1.807) is 12.1 Å². The van der Waals surface area contributed by atoms with Crippen molar-refractivity contribution in [3.63, 3.8) is 0 Å². The number of aryl methyl sites for hydroxylation is 1. The number of benzene rings is 2. The molecular formula is C21H24N2O4S. The van der Waals surface area contributed by atoms with Crippen molar-refractivity contribution in [1.82, 2.24) is 9.62 Å². The van der Waals surface area contributed by atoms with E-state index in [0.717, 1.165) is 17.1 Å². The molecule has 148 valence electrons. The predicted molar refractivity (Wildman–Crippen MR) is 106 cm³/mol. The van der Waals surface area contributed by atoms with Crippen LogP contribution in [0.25, 0.3) is 0 Å². The van der Waals surface area contributed by atoms with Crippen LogP contribution < -0.4 is 5.32 Å². The molecule has 1 unspecified atom stereocenters. The summed E-state index contributed by atoms with van der Waals surface area (Å²) in [5.74, 6) is -0.658. The Morgan fingerprint density at radius 3 is 2.46 bits per heavy atom. The zero-order valence-corrected chi connectivity index (χ0v) is 16.6. The number of fused-ring (bicyclic) bond motifs is 1. The molecule has 6 nitrogen and oxygen atoms in total. The second-order valence-corrected chi connectivity index (χ2v) is 8.81. The number of sulfonamides is 1. The monoisotopic (exact) mass is 400 g/mol. The highest BCUT2D eigenvalue weighted by Gasteiger charge is 2.40. The first-order valence-electron chi connectivity index (χ1n) is 9.39. The van der Waals surface area contributed by atoms with Gasteiger partial charge >= 0.3 is 0 Å². The molecule has 2 aromatic rings. The standard InChI is InChI=1S/C21H24N2O4S/c1-16(13-14-17-8-3-2-4-9-17)22-20(24)12-7-15-23-21(25)18-10-5-6-11-19(18)28(23,26)27/h2-6,8-11,16H,7,12-15H2,1H3,(H,22,24). The maximum absolute atomic E-state index is 12.5. The fourth-order valence-electron chi connectivity index (χ4n) is 3.28. The largest absolute Gasteiger partial charge is 0.354 e. The van der Waals surface area contributed by atoms with Gasteiger partial charge < -0.3 is 5.32 Å². The van der Waals surface area contributed by atoms with Gasteiger partial charge in [-0.25, -0.2) is 12.7 Å². The van der Waals surface area contributed by atoms with E-state index in [9.17, 15) is 18.0 Å². The van der Waals surface area contributed by atoms with Crippen LogP contribution >= 0.6 is 0 Å². The van der Waals surface area contributed by atoms with E-state index in [1.807, 2.05) is 25.1 Å². The molecule has 0 spiro atoms. The Hall–Kier alpha value is -2.67. The quantitative estimate of drug-likeness (QED) is 0.739. The van der Waals surface area contributed by atoms with E-state index in [2.05, 4.69) is 17.4 Å². The molecule has 7 heteroatoms. The summed E-state index contributed by atoms with van der Waals surface area (Å²) in [5.41, 5.74) is 1.42. The highest BCUT2D eigenvalue weighted by Crippen LogP contribution is 2.29. The molecule has 0 aromatic heterocycles. The molecule has 2 amide bonds. The lowest BCUT2D eigenvalue weighted by Gasteiger charge is -2.16. The Labute approximate surface area is 165 Å². The zero-order chi connectivity index (χ0) is 20.1. The molecule has 1 aliphatic rings. The van der Waals surface area contributed by atoms with Gasteiger partial charge in [-0.15, -0.1) is 0 Å². The van der Waals surface area contributed by atoms with E-state index in [-0.39, 0.29) is 41.8 Å². The van der Waals surface area contributed by atoms with Crippen LogP contribution in [0.3, 0.4) is 0 Å². The van der Waals surface area contributed by atoms with Gasteiger partial charge in [0.25, 0.3) is 15.9 Å². The highest BCUT2D eigenvalue weighted by atomic mass is 32.2. The first-order valence-corrected chi connectivity index (χ1v) is 10.8. The van der Waals surface area contributed by atoms with Crippen LogP contribution in [0.1, 0.15) is 42.1 Å². The topological polar surface area (TPSA) is 83.6 Å². The number of hydrogen-bond acceptors (Lipinski definition) is 4. The molecule has 0 fully saturated rings. The van der Waals surface area contributed by atoms with Crippen molar-refractivity contribution in [2.75, 3.05) is 6.54 Å². The van der Waals surface area contributed by atoms with Crippen LogP contribution in [0.5, 0.6) is 0 Å². The summed E-state index contributed by atoms with van der Waals surface area (Å²) < 4.78 is 25.8. The molecule has 0 bridgehead atoms. The van der Waals surface area contributed by atoms with Crippen molar-refractivity contribution >= 4 is 21.8 Å². The molecule has 0 aliphatic carbocycles. The van der Waals surface area contributed by atoms with Gasteiger partial charge in [-0.3, -0.25) is 9.59 Å². The normalized spacial score (nSPS) is 15.9. The fourth-order valence-corrected chi connectivity index (χ4v) is 4.89. The third-order valence-corrected chi connectivity index (χ3v) is 6.63. The summed E-state index contributed by atoms with van der Waals surface area (Å²) in [6.07, 6.45) is 2.16.